The fraction of sp³-hybridized carbons (Fsp3) is 0.400. The van der Waals surface area contributed by atoms with Crippen molar-refractivity contribution in [1.29, 1.82) is 0 Å². The van der Waals surface area contributed by atoms with E-state index in [0.717, 1.165) is 17.8 Å². The number of ether oxygens (including phenoxy) is 1. The molecule has 6 nitrogen and oxygen atoms in total. The number of rotatable bonds is 6. The summed E-state index contributed by atoms with van der Waals surface area (Å²) in [5.41, 5.74) is 0.641. The van der Waals surface area contributed by atoms with Gasteiger partial charge in [-0.25, -0.2) is 9.37 Å². The summed E-state index contributed by atoms with van der Waals surface area (Å²) in [5.74, 6) is 0.464. The minimum atomic E-state index is -0.315. The number of hydrogen-bond acceptors (Lipinski definition) is 7. The first-order valence-electron chi connectivity index (χ1n) is 9.58. The summed E-state index contributed by atoms with van der Waals surface area (Å²) in [7, 11) is 0. The quantitative estimate of drug-likeness (QED) is 0.570. The first-order valence-corrected chi connectivity index (χ1v) is 11.2. The number of anilines is 1. The van der Waals surface area contributed by atoms with Crippen LogP contribution in [0.1, 0.15) is 63.4 Å². The average Bonchev–Trinajstić information content (AvgIpc) is 3.35. The van der Waals surface area contributed by atoms with Crippen LogP contribution in [0.4, 0.5) is 9.52 Å². The molecule has 9 heteroatoms. The monoisotopic (exact) mass is 432 g/mol. The van der Waals surface area contributed by atoms with Gasteiger partial charge in [-0.1, -0.05) is 30.6 Å². The molecular weight excluding hydrogens is 411 g/mol. The van der Waals surface area contributed by atoms with Gasteiger partial charge >= 0.3 is 0 Å². The number of thiazole rings is 1. The van der Waals surface area contributed by atoms with E-state index in [1.165, 1.54) is 54.1 Å². The second-order valence-corrected chi connectivity index (χ2v) is 9.09. The standard InChI is InChI=1S/C20H21FN4O2S2/c1-12-17(28-16(22-12)11-27-15-9-7-14(21)8-10-15)18(26)23-20-25-24-19(29-20)13-5-3-2-4-6-13/h7-10,13H,2-6,11H2,1H3,(H,23,25,26). The minimum absolute atomic E-state index is 0.217. The predicted octanol–water partition coefficient (Wildman–Crippen LogP) is 5.32. The summed E-state index contributed by atoms with van der Waals surface area (Å²) in [6, 6.07) is 5.79. The number of aryl methyl sites for hydroxylation is 1. The zero-order chi connectivity index (χ0) is 20.2. The van der Waals surface area contributed by atoms with Crippen molar-refractivity contribution < 1.29 is 13.9 Å². The molecule has 0 radical (unpaired) electrons. The molecule has 0 unspecified atom stereocenters. The molecule has 152 valence electrons. The van der Waals surface area contributed by atoms with E-state index in [-0.39, 0.29) is 18.3 Å². The zero-order valence-corrected chi connectivity index (χ0v) is 17.6. The summed E-state index contributed by atoms with van der Waals surface area (Å²) >= 11 is 2.74. The maximum Gasteiger partial charge on any atom is 0.269 e. The molecule has 2 aromatic heterocycles. The largest absolute Gasteiger partial charge is 0.486 e. The fourth-order valence-corrected chi connectivity index (χ4v) is 5.13. The average molecular weight is 433 g/mol. The van der Waals surface area contributed by atoms with Crippen LogP contribution in [0.15, 0.2) is 24.3 Å². The van der Waals surface area contributed by atoms with Crippen molar-refractivity contribution in [2.45, 2.75) is 51.6 Å². The highest BCUT2D eigenvalue weighted by Gasteiger charge is 2.21. The Hall–Kier alpha value is -2.39. The van der Waals surface area contributed by atoms with Crippen molar-refractivity contribution in [3.8, 4) is 5.75 Å². The summed E-state index contributed by atoms with van der Waals surface area (Å²) < 4.78 is 18.6. The number of nitrogens with zero attached hydrogens (tertiary/aromatic N) is 3. The molecule has 1 aliphatic carbocycles. The Morgan fingerprint density at radius 3 is 2.69 bits per heavy atom. The van der Waals surface area contributed by atoms with Crippen LogP contribution < -0.4 is 10.1 Å². The van der Waals surface area contributed by atoms with Crippen molar-refractivity contribution in [2.75, 3.05) is 5.32 Å². The first kappa shape index (κ1) is 19.9. The third kappa shape index (κ3) is 4.97. The second-order valence-electron chi connectivity index (χ2n) is 7.00. The second kappa shape index (κ2) is 8.96. The molecule has 1 fully saturated rings. The van der Waals surface area contributed by atoms with E-state index in [1.54, 1.807) is 19.1 Å². The van der Waals surface area contributed by atoms with Crippen molar-refractivity contribution in [2.24, 2.45) is 0 Å². The Morgan fingerprint density at radius 2 is 1.93 bits per heavy atom. The lowest BCUT2D eigenvalue weighted by Crippen LogP contribution is -2.11. The zero-order valence-electron chi connectivity index (χ0n) is 16.0. The lowest BCUT2D eigenvalue weighted by Gasteiger charge is -2.18. The number of aromatic nitrogens is 3. The molecule has 2 heterocycles. The number of benzene rings is 1. The van der Waals surface area contributed by atoms with E-state index in [9.17, 15) is 9.18 Å². The van der Waals surface area contributed by atoms with Crippen LogP contribution in [0.5, 0.6) is 5.75 Å². The van der Waals surface area contributed by atoms with Gasteiger partial charge in [0.1, 0.15) is 33.1 Å². The number of nitrogens with one attached hydrogen (secondary N) is 1. The van der Waals surface area contributed by atoms with Crippen molar-refractivity contribution in [3.63, 3.8) is 0 Å². The Morgan fingerprint density at radius 1 is 1.17 bits per heavy atom. The molecule has 1 N–H and O–H groups in total. The van der Waals surface area contributed by atoms with Gasteiger partial charge in [0.25, 0.3) is 5.91 Å². The number of hydrogen-bond donors (Lipinski definition) is 1. The van der Waals surface area contributed by atoms with Gasteiger partial charge in [-0.05, 0) is 44.0 Å². The highest BCUT2D eigenvalue weighted by molar-refractivity contribution is 7.16. The highest BCUT2D eigenvalue weighted by Crippen LogP contribution is 2.35. The number of carbonyl (C=O) groups is 1. The number of halogens is 1. The van der Waals surface area contributed by atoms with Gasteiger partial charge in [-0.3, -0.25) is 10.1 Å². The van der Waals surface area contributed by atoms with E-state index in [0.29, 0.717) is 32.4 Å². The lowest BCUT2D eigenvalue weighted by molar-refractivity contribution is 0.102. The molecule has 0 bridgehead atoms. The molecule has 1 amide bonds. The molecule has 0 atom stereocenters. The van der Waals surface area contributed by atoms with E-state index in [2.05, 4.69) is 20.5 Å². The summed E-state index contributed by atoms with van der Waals surface area (Å²) in [5, 5.41) is 13.5. The summed E-state index contributed by atoms with van der Waals surface area (Å²) in [4.78, 5) is 17.6. The SMILES string of the molecule is Cc1nc(COc2ccc(F)cc2)sc1C(=O)Nc1nnc(C2CCCCC2)s1. The molecular formula is C20H21FN4O2S2. The van der Waals surface area contributed by atoms with E-state index in [4.69, 9.17) is 4.74 Å². The van der Waals surface area contributed by atoms with E-state index >= 15 is 0 Å². The molecule has 3 aromatic rings. The van der Waals surface area contributed by atoms with Crippen molar-refractivity contribution in [1.82, 2.24) is 15.2 Å². The third-order valence-corrected chi connectivity index (χ3v) is 6.97. The fourth-order valence-electron chi connectivity index (χ4n) is 3.35. The Balaban J connectivity index is 1.37. The van der Waals surface area contributed by atoms with Crippen LogP contribution in [-0.2, 0) is 6.61 Å². The van der Waals surface area contributed by atoms with Gasteiger partial charge in [0.15, 0.2) is 0 Å². The topological polar surface area (TPSA) is 77.0 Å². The molecule has 1 saturated carbocycles. The Labute approximate surface area is 176 Å². The molecule has 0 aliphatic heterocycles. The van der Waals surface area contributed by atoms with Crippen molar-refractivity contribution >= 4 is 33.7 Å². The van der Waals surface area contributed by atoms with Gasteiger partial charge < -0.3 is 4.74 Å². The molecule has 0 spiro atoms. The summed E-state index contributed by atoms with van der Waals surface area (Å²) in [6.45, 7) is 2.01. The van der Waals surface area contributed by atoms with Gasteiger partial charge in [0.05, 0.1) is 5.69 Å². The molecule has 0 saturated heterocycles. The molecule has 1 aliphatic rings. The minimum Gasteiger partial charge on any atom is -0.486 e. The van der Waals surface area contributed by atoms with Gasteiger partial charge in [-0.15, -0.1) is 21.5 Å². The van der Waals surface area contributed by atoms with Crippen LogP contribution in [0, 0.1) is 12.7 Å². The van der Waals surface area contributed by atoms with Crippen molar-refractivity contribution in [3.05, 3.63) is 50.7 Å². The first-order chi connectivity index (χ1) is 14.1. The number of amides is 1. The summed E-state index contributed by atoms with van der Waals surface area (Å²) in [6.07, 6.45) is 6.04. The van der Waals surface area contributed by atoms with E-state index < -0.39 is 0 Å². The normalized spacial score (nSPS) is 14.7. The maximum atomic E-state index is 13.0. The molecule has 1 aromatic carbocycles. The predicted molar refractivity (Wildman–Crippen MR) is 111 cm³/mol. The van der Waals surface area contributed by atoms with Crippen LogP contribution in [0.25, 0.3) is 0 Å². The molecule has 29 heavy (non-hydrogen) atoms. The lowest BCUT2D eigenvalue weighted by atomic mass is 9.90. The highest BCUT2D eigenvalue weighted by atomic mass is 32.1. The van der Waals surface area contributed by atoms with Crippen LogP contribution in [0.3, 0.4) is 0 Å². The number of carbonyl (C=O) groups excluding carboxylic acids is 1. The van der Waals surface area contributed by atoms with Crippen LogP contribution in [-0.4, -0.2) is 21.1 Å². The van der Waals surface area contributed by atoms with E-state index in [1.807, 2.05) is 0 Å². The molecule has 4 rings (SSSR count). The third-order valence-electron chi connectivity index (χ3n) is 4.84. The Kier molecular flexibility index (Phi) is 6.15. The maximum absolute atomic E-state index is 13.0. The van der Waals surface area contributed by atoms with Gasteiger partial charge in [-0.2, -0.15) is 0 Å². The van der Waals surface area contributed by atoms with Gasteiger partial charge in [0, 0.05) is 5.92 Å². The van der Waals surface area contributed by atoms with Crippen LogP contribution >= 0.6 is 22.7 Å². The smallest absolute Gasteiger partial charge is 0.269 e. The van der Waals surface area contributed by atoms with Crippen LogP contribution in [0.2, 0.25) is 0 Å². The van der Waals surface area contributed by atoms with Gasteiger partial charge in [0.2, 0.25) is 5.13 Å². The Bertz CT molecular complexity index is 981.